The first-order valence-electron chi connectivity index (χ1n) is 16.3. The van der Waals surface area contributed by atoms with Gasteiger partial charge in [-0.25, -0.2) is 0 Å². The molecule has 6 unspecified atom stereocenters. The molecular formula is C40H56O4. The van der Waals surface area contributed by atoms with Crippen molar-refractivity contribution < 1.29 is 19.7 Å². The molecule has 6 atom stereocenters. The minimum absolute atomic E-state index is 0.0969. The van der Waals surface area contributed by atoms with Gasteiger partial charge in [0.2, 0.25) is 0 Å². The van der Waals surface area contributed by atoms with Crippen LogP contribution in [0.2, 0.25) is 0 Å². The number of ether oxygens (including phenoxy) is 2. The van der Waals surface area contributed by atoms with Gasteiger partial charge in [-0.05, 0) is 66.5 Å². The molecule has 0 spiro atoms. The van der Waals surface area contributed by atoms with Crippen LogP contribution in [0.1, 0.15) is 94.9 Å². The Morgan fingerprint density at radius 3 is 1.16 bits per heavy atom. The van der Waals surface area contributed by atoms with Crippen LogP contribution in [0.5, 0.6) is 0 Å². The van der Waals surface area contributed by atoms with Gasteiger partial charge in [0.05, 0.1) is 12.2 Å². The van der Waals surface area contributed by atoms with E-state index in [4.69, 9.17) is 9.47 Å². The molecule has 2 heterocycles. The van der Waals surface area contributed by atoms with E-state index in [1.54, 1.807) is 0 Å². The Balaban J connectivity index is 1.25. The summed E-state index contributed by atoms with van der Waals surface area (Å²) in [6, 6.07) is 0. The smallest absolute Gasteiger partial charge is 0.121 e. The average molecular weight is 601 g/mol. The summed E-state index contributed by atoms with van der Waals surface area (Å²) in [6.45, 7) is 21.4. The van der Waals surface area contributed by atoms with Crippen molar-refractivity contribution in [2.45, 2.75) is 130 Å². The summed E-state index contributed by atoms with van der Waals surface area (Å²) in [5.41, 5.74) is 3.36. The second-order valence-corrected chi connectivity index (χ2v) is 15.4. The van der Waals surface area contributed by atoms with Gasteiger partial charge in [-0.15, -0.1) is 0 Å². The average Bonchev–Trinajstić information content (AvgIpc) is 3.73. The van der Waals surface area contributed by atoms with E-state index in [1.807, 2.05) is 0 Å². The lowest BCUT2D eigenvalue weighted by Crippen LogP contribution is -2.46. The van der Waals surface area contributed by atoms with Crippen LogP contribution < -0.4 is 0 Å². The third kappa shape index (κ3) is 6.84. The Morgan fingerprint density at radius 1 is 0.500 bits per heavy atom. The molecule has 4 heteroatoms. The summed E-state index contributed by atoms with van der Waals surface area (Å²) in [7, 11) is 0. The van der Waals surface area contributed by atoms with E-state index in [9.17, 15) is 10.2 Å². The van der Waals surface area contributed by atoms with Gasteiger partial charge in [0, 0.05) is 23.7 Å². The minimum Gasteiger partial charge on any atom is -0.393 e. The van der Waals surface area contributed by atoms with Gasteiger partial charge in [0.15, 0.2) is 0 Å². The van der Waals surface area contributed by atoms with Crippen molar-refractivity contribution in [1.82, 2.24) is 0 Å². The molecule has 4 nitrogen and oxygen atoms in total. The van der Waals surface area contributed by atoms with E-state index in [2.05, 4.69) is 154 Å². The molecule has 2 saturated heterocycles. The molecule has 2 saturated carbocycles. The van der Waals surface area contributed by atoms with Crippen LogP contribution >= 0.6 is 0 Å². The van der Waals surface area contributed by atoms with Crippen LogP contribution in [0.25, 0.3) is 0 Å². The maximum atomic E-state index is 10.3. The number of rotatable bonds is 10. The predicted molar refractivity (Wildman–Crippen MR) is 183 cm³/mol. The zero-order valence-corrected chi connectivity index (χ0v) is 28.8. The van der Waals surface area contributed by atoms with Crippen molar-refractivity contribution in [3.8, 4) is 0 Å². The van der Waals surface area contributed by atoms with Crippen molar-refractivity contribution in [3.63, 3.8) is 0 Å². The molecular weight excluding hydrogens is 544 g/mol. The van der Waals surface area contributed by atoms with Crippen LogP contribution in [0, 0.1) is 10.8 Å². The Bertz CT molecular complexity index is 1270. The van der Waals surface area contributed by atoms with E-state index >= 15 is 0 Å². The summed E-state index contributed by atoms with van der Waals surface area (Å²) < 4.78 is 12.5. The summed E-state index contributed by atoms with van der Waals surface area (Å²) in [4.78, 5) is 0. The molecule has 0 amide bonds. The normalized spacial score (nSPS) is 39.2. The van der Waals surface area contributed by atoms with Crippen molar-refractivity contribution in [3.05, 3.63) is 107 Å². The lowest BCUT2D eigenvalue weighted by atomic mass is 9.63. The SMILES string of the molecule is CC(=C/C=C\C(C)=C\C=C\C=C(C)\C=C/C=C(C)\C=C\C12OC1(C)CC(O)CC2(C)C)/C=C/C12OC1(C)CC(O)CC2(C)C. The van der Waals surface area contributed by atoms with Crippen molar-refractivity contribution in [2.75, 3.05) is 0 Å². The van der Waals surface area contributed by atoms with Crippen LogP contribution in [-0.4, -0.2) is 44.8 Å². The highest BCUT2D eigenvalue weighted by Crippen LogP contribution is 2.67. The maximum absolute atomic E-state index is 10.3. The maximum Gasteiger partial charge on any atom is 0.121 e. The molecule has 0 aromatic carbocycles. The van der Waals surface area contributed by atoms with E-state index in [0.29, 0.717) is 12.8 Å². The Hall–Kier alpha value is -2.50. The number of epoxide rings is 2. The third-order valence-corrected chi connectivity index (χ3v) is 10.4. The lowest BCUT2D eigenvalue weighted by Gasteiger charge is -2.39. The minimum atomic E-state index is -0.294. The van der Waals surface area contributed by atoms with Crippen LogP contribution in [0.4, 0.5) is 0 Å². The van der Waals surface area contributed by atoms with Gasteiger partial charge >= 0.3 is 0 Å². The summed E-state index contributed by atoms with van der Waals surface area (Å²) >= 11 is 0. The first kappa shape index (κ1) is 34.4. The number of aliphatic hydroxyl groups is 2. The highest BCUT2D eigenvalue weighted by Gasteiger charge is 2.75. The fourth-order valence-corrected chi connectivity index (χ4v) is 7.99. The molecule has 4 rings (SSSR count). The number of aliphatic hydroxyl groups excluding tert-OH is 2. The standard InChI is InChI=1S/C40H56O4/c1-29(17-13-19-31(3)21-23-39-35(5,6)25-33(41)27-37(39,9)43-39)15-11-12-16-30(2)18-14-20-32(4)22-24-40-36(7,8)26-34(42)28-38(40,10)44-40/h11-24,33-34,41-42H,25-28H2,1-10H3/b12-11+,17-13-,18-14-,23-21+,24-22+,29-15+,30-16+,31-19-,32-20-. The molecule has 44 heavy (non-hydrogen) atoms. The molecule has 2 N–H and O–H groups in total. The van der Waals surface area contributed by atoms with Gasteiger partial charge in [-0.3, -0.25) is 0 Å². The molecule has 2 aliphatic heterocycles. The van der Waals surface area contributed by atoms with E-state index < -0.39 is 0 Å². The van der Waals surface area contributed by atoms with Crippen LogP contribution in [0.3, 0.4) is 0 Å². The van der Waals surface area contributed by atoms with Crippen molar-refractivity contribution >= 4 is 0 Å². The fraction of sp³-hybridized carbons (Fsp3) is 0.550. The third-order valence-electron chi connectivity index (χ3n) is 10.4. The quantitative estimate of drug-likeness (QED) is 0.194. The number of hydrogen-bond acceptors (Lipinski definition) is 4. The fourth-order valence-electron chi connectivity index (χ4n) is 7.99. The summed E-state index contributed by atoms with van der Waals surface area (Å²) in [5.74, 6) is 0. The number of hydrogen-bond donors (Lipinski definition) is 2. The summed E-state index contributed by atoms with van der Waals surface area (Å²) in [6.07, 6.45) is 32.0. The second-order valence-electron chi connectivity index (χ2n) is 15.4. The van der Waals surface area contributed by atoms with E-state index in [1.165, 1.54) is 22.3 Å². The molecule has 2 aliphatic carbocycles. The Kier molecular flexibility index (Phi) is 9.66. The molecule has 4 aliphatic rings. The largest absolute Gasteiger partial charge is 0.393 e. The molecule has 0 bridgehead atoms. The molecule has 0 radical (unpaired) electrons. The molecule has 0 aromatic heterocycles. The van der Waals surface area contributed by atoms with E-state index in [0.717, 1.165) is 12.8 Å². The number of fused-ring (bicyclic) bond motifs is 2. The van der Waals surface area contributed by atoms with Gasteiger partial charge in [0.1, 0.15) is 22.4 Å². The van der Waals surface area contributed by atoms with Gasteiger partial charge in [-0.1, -0.05) is 123 Å². The molecule has 240 valence electrons. The monoisotopic (exact) mass is 600 g/mol. The first-order valence-corrected chi connectivity index (χ1v) is 16.3. The summed E-state index contributed by atoms with van der Waals surface area (Å²) in [5, 5.41) is 20.5. The zero-order valence-electron chi connectivity index (χ0n) is 28.8. The highest BCUT2D eigenvalue weighted by atomic mass is 16.6. The second kappa shape index (κ2) is 12.4. The highest BCUT2D eigenvalue weighted by molar-refractivity contribution is 5.38. The number of allylic oxidation sites excluding steroid dienone is 16. The lowest BCUT2D eigenvalue weighted by molar-refractivity contribution is 0.0510. The van der Waals surface area contributed by atoms with Crippen molar-refractivity contribution in [2.24, 2.45) is 10.8 Å². The predicted octanol–water partition coefficient (Wildman–Crippen LogP) is 8.97. The van der Waals surface area contributed by atoms with Crippen molar-refractivity contribution in [1.29, 1.82) is 0 Å². The van der Waals surface area contributed by atoms with Crippen LogP contribution in [-0.2, 0) is 9.47 Å². The van der Waals surface area contributed by atoms with E-state index in [-0.39, 0.29) is 45.4 Å². The van der Waals surface area contributed by atoms with Gasteiger partial charge < -0.3 is 19.7 Å². The molecule has 4 fully saturated rings. The van der Waals surface area contributed by atoms with Gasteiger partial charge in [0.25, 0.3) is 0 Å². The topological polar surface area (TPSA) is 65.5 Å². The zero-order chi connectivity index (χ0) is 32.6. The first-order chi connectivity index (χ1) is 20.4. The molecule has 0 aromatic rings. The Labute approximate surface area is 267 Å². The van der Waals surface area contributed by atoms with Gasteiger partial charge in [-0.2, -0.15) is 0 Å². The van der Waals surface area contributed by atoms with Crippen LogP contribution in [0.15, 0.2) is 107 Å². The Morgan fingerprint density at radius 2 is 0.818 bits per heavy atom.